The summed E-state index contributed by atoms with van der Waals surface area (Å²) in [4.78, 5) is 27.8. The standard InChI is InChI=1S/C33H46N2O6S/c1-23-17-27(22-41-21-25-10-5-4-6-11-25)35(19-23)20-26-13-14-29(30(18-26)28-12-8-7-9-24(28)2)32(36)34-31(33(37)38)15-16-42(3,39)40/h7-9,12-14,18,23,25,27,31H,4-6,10-11,15-17,19-22H2,1-3H3,(H,34,36)(H,37,38). The highest BCUT2D eigenvalue weighted by atomic mass is 32.2. The lowest BCUT2D eigenvalue weighted by Crippen LogP contribution is -2.42. The lowest BCUT2D eigenvalue weighted by Gasteiger charge is -2.27. The molecule has 2 aromatic rings. The minimum atomic E-state index is -3.38. The van der Waals surface area contributed by atoms with E-state index < -0.39 is 27.8 Å². The van der Waals surface area contributed by atoms with Gasteiger partial charge in [-0.05, 0) is 78.8 Å². The van der Waals surface area contributed by atoms with E-state index in [4.69, 9.17) is 4.74 Å². The maximum Gasteiger partial charge on any atom is 0.326 e. The van der Waals surface area contributed by atoms with Crippen molar-refractivity contribution < 1.29 is 27.9 Å². The largest absolute Gasteiger partial charge is 0.480 e. The second kappa shape index (κ2) is 14.6. The normalized spacial score (nSPS) is 20.8. The summed E-state index contributed by atoms with van der Waals surface area (Å²) in [6, 6.07) is 12.6. The van der Waals surface area contributed by atoms with Gasteiger partial charge in [0, 0.05) is 37.6 Å². The fraction of sp³-hybridized carbons (Fsp3) is 0.576. The average molecular weight is 599 g/mol. The highest BCUT2D eigenvalue weighted by Gasteiger charge is 2.31. The molecule has 1 amide bonds. The van der Waals surface area contributed by atoms with Crippen LogP contribution in [0.4, 0.5) is 0 Å². The molecule has 3 atom stereocenters. The van der Waals surface area contributed by atoms with Crippen LogP contribution in [-0.2, 0) is 25.9 Å². The first-order valence-electron chi connectivity index (χ1n) is 15.2. The minimum absolute atomic E-state index is 0.199. The van der Waals surface area contributed by atoms with Crippen LogP contribution in [0.15, 0.2) is 42.5 Å². The monoisotopic (exact) mass is 598 g/mol. The molecule has 1 saturated carbocycles. The molecule has 2 aliphatic rings. The molecule has 4 rings (SSSR count). The molecular weight excluding hydrogens is 552 g/mol. The van der Waals surface area contributed by atoms with Crippen LogP contribution in [0.25, 0.3) is 11.1 Å². The number of amides is 1. The van der Waals surface area contributed by atoms with Crippen LogP contribution in [0, 0.1) is 18.8 Å². The third-order valence-electron chi connectivity index (χ3n) is 8.66. The number of carbonyl (C=O) groups excluding carboxylic acids is 1. The number of hydrogen-bond acceptors (Lipinski definition) is 6. The Hall–Kier alpha value is -2.75. The Morgan fingerprint density at radius 2 is 1.81 bits per heavy atom. The van der Waals surface area contributed by atoms with Gasteiger partial charge in [0.2, 0.25) is 0 Å². The average Bonchev–Trinajstić information content (AvgIpc) is 3.29. The lowest BCUT2D eigenvalue weighted by atomic mass is 9.90. The molecule has 3 unspecified atom stereocenters. The highest BCUT2D eigenvalue weighted by molar-refractivity contribution is 7.90. The summed E-state index contributed by atoms with van der Waals surface area (Å²) in [5, 5.41) is 12.2. The van der Waals surface area contributed by atoms with E-state index in [1.807, 2.05) is 43.3 Å². The van der Waals surface area contributed by atoms with Gasteiger partial charge < -0.3 is 15.2 Å². The van der Waals surface area contributed by atoms with E-state index in [0.717, 1.165) is 61.2 Å². The molecule has 1 aliphatic carbocycles. The van der Waals surface area contributed by atoms with E-state index >= 15 is 0 Å². The van der Waals surface area contributed by atoms with Crippen molar-refractivity contribution in [3.8, 4) is 11.1 Å². The first-order chi connectivity index (χ1) is 20.0. The molecule has 2 fully saturated rings. The molecule has 2 N–H and O–H groups in total. The molecule has 42 heavy (non-hydrogen) atoms. The van der Waals surface area contributed by atoms with E-state index in [9.17, 15) is 23.1 Å². The molecule has 230 valence electrons. The summed E-state index contributed by atoms with van der Waals surface area (Å²) in [5.74, 6) is -0.860. The van der Waals surface area contributed by atoms with Gasteiger partial charge in [-0.1, -0.05) is 56.5 Å². The van der Waals surface area contributed by atoms with Crippen molar-refractivity contribution in [2.75, 3.05) is 31.8 Å². The topological polar surface area (TPSA) is 113 Å². The Morgan fingerprint density at radius 1 is 1.07 bits per heavy atom. The number of carboxylic acids is 1. The van der Waals surface area contributed by atoms with E-state index in [1.54, 1.807) is 6.07 Å². The summed E-state index contributed by atoms with van der Waals surface area (Å²) in [6.07, 6.45) is 8.48. The van der Waals surface area contributed by atoms with Crippen molar-refractivity contribution in [3.05, 3.63) is 59.2 Å². The number of aryl methyl sites for hydroxylation is 1. The Balaban J connectivity index is 1.52. The van der Waals surface area contributed by atoms with Crippen molar-refractivity contribution in [1.82, 2.24) is 10.2 Å². The zero-order valence-corrected chi connectivity index (χ0v) is 26.0. The second-order valence-corrected chi connectivity index (χ2v) is 14.7. The van der Waals surface area contributed by atoms with Crippen LogP contribution in [0.1, 0.15) is 73.4 Å². The van der Waals surface area contributed by atoms with Crippen LogP contribution in [0.5, 0.6) is 0 Å². The molecule has 0 aromatic heterocycles. The van der Waals surface area contributed by atoms with Gasteiger partial charge >= 0.3 is 5.97 Å². The minimum Gasteiger partial charge on any atom is -0.480 e. The molecule has 0 radical (unpaired) electrons. The van der Waals surface area contributed by atoms with Crippen molar-refractivity contribution in [1.29, 1.82) is 0 Å². The maximum absolute atomic E-state index is 13.4. The van der Waals surface area contributed by atoms with Crippen LogP contribution in [0.3, 0.4) is 0 Å². The van der Waals surface area contributed by atoms with Crippen LogP contribution >= 0.6 is 0 Å². The van der Waals surface area contributed by atoms with Crippen LogP contribution in [0.2, 0.25) is 0 Å². The third-order valence-corrected chi connectivity index (χ3v) is 9.63. The van der Waals surface area contributed by atoms with Gasteiger partial charge in [0.15, 0.2) is 0 Å². The SMILES string of the molecule is Cc1ccccc1-c1cc(CN2CC(C)CC2COCC2CCCCC2)ccc1C(=O)NC(CCS(C)(=O)=O)C(=O)O. The fourth-order valence-electron chi connectivity index (χ4n) is 6.37. The number of benzene rings is 2. The molecule has 0 bridgehead atoms. The van der Waals surface area contributed by atoms with Crippen molar-refractivity contribution in [2.45, 2.75) is 77.4 Å². The van der Waals surface area contributed by atoms with E-state index in [1.165, 1.54) is 32.1 Å². The van der Waals surface area contributed by atoms with Crippen LogP contribution < -0.4 is 5.32 Å². The number of rotatable bonds is 13. The molecule has 1 aliphatic heterocycles. The van der Waals surface area contributed by atoms with Crippen molar-refractivity contribution >= 4 is 21.7 Å². The number of carboxylic acid groups (broad SMARTS) is 1. The number of hydrogen-bond donors (Lipinski definition) is 2. The Kier molecular flexibility index (Phi) is 11.2. The van der Waals surface area contributed by atoms with Gasteiger partial charge in [0.1, 0.15) is 15.9 Å². The molecule has 1 saturated heterocycles. The van der Waals surface area contributed by atoms with Gasteiger partial charge in [-0.3, -0.25) is 9.69 Å². The number of likely N-dealkylation sites (tertiary alicyclic amines) is 1. The number of nitrogens with one attached hydrogen (secondary N) is 1. The Morgan fingerprint density at radius 3 is 2.50 bits per heavy atom. The fourth-order valence-corrected chi connectivity index (χ4v) is 7.04. The zero-order chi connectivity index (χ0) is 30.3. The van der Waals surface area contributed by atoms with Crippen molar-refractivity contribution in [3.63, 3.8) is 0 Å². The Labute approximate surface area is 250 Å². The number of sulfone groups is 1. The van der Waals surface area contributed by atoms with Gasteiger partial charge in [-0.15, -0.1) is 0 Å². The summed E-state index contributed by atoms with van der Waals surface area (Å²) in [5.41, 5.74) is 4.06. The smallest absolute Gasteiger partial charge is 0.326 e. The summed E-state index contributed by atoms with van der Waals surface area (Å²) < 4.78 is 29.5. The predicted molar refractivity (Wildman–Crippen MR) is 165 cm³/mol. The number of carbonyl (C=O) groups is 2. The predicted octanol–water partition coefficient (Wildman–Crippen LogP) is 5.09. The number of ether oxygens (including phenoxy) is 1. The van der Waals surface area contributed by atoms with E-state index in [0.29, 0.717) is 23.4 Å². The molecule has 9 heteroatoms. The van der Waals surface area contributed by atoms with E-state index in [2.05, 4.69) is 17.1 Å². The summed E-state index contributed by atoms with van der Waals surface area (Å²) in [7, 11) is -3.38. The van der Waals surface area contributed by atoms with Gasteiger partial charge in [0.05, 0.1) is 12.4 Å². The van der Waals surface area contributed by atoms with E-state index in [-0.39, 0.29) is 12.2 Å². The van der Waals surface area contributed by atoms with Crippen molar-refractivity contribution in [2.24, 2.45) is 11.8 Å². The molecule has 2 aromatic carbocycles. The molecular formula is C33H46N2O6S. The highest BCUT2D eigenvalue weighted by Crippen LogP contribution is 2.31. The van der Waals surface area contributed by atoms with Gasteiger partial charge in [-0.25, -0.2) is 13.2 Å². The van der Waals surface area contributed by atoms with Gasteiger partial charge in [-0.2, -0.15) is 0 Å². The first-order valence-corrected chi connectivity index (χ1v) is 17.3. The lowest BCUT2D eigenvalue weighted by molar-refractivity contribution is -0.139. The maximum atomic E-state index is 13.4. The number of aliphatic carboxylic acids is 1. The number of nitrogens with zero attached hydrogens (tertiary/aromatic N) is 1. The quantitative estimate of drug-likeness (QED) is 0.330. The molecule has 8 nitrogen and oxygen atoms in total. The summed E-state index contributed by atoms with van der Waals surface area (Å²) >= 11 is 0. The third kappa shape index (κ3) is 9.12. The first kappa shape index (κ1) is 32.2. The second-order valence-electron chi connectivity index (χ2n) is 12.4. The van der Waals surface area contributed by atoms with Gasteiger partial charge in [0.25, 0.3) is 5.91 Å². The van der Waals surface area contributed by atoms with Crippen LogP contribution in [-0.4, -0.2) is 74.2 Å². The summed E-state index contributed by atoms with van der Waals surface area (Å²) in [6.45, 7) is 7.56. The molecule has 1 heterocycles. The zero-order valence-electron chi connectivity index (χ0n) is 25.2. The molecule has 0 spiro atoms. The Bertz CT molecular complexity index is 1340.